The summed E-state index contributed by atoms with van der Waals surface area (Å²) in [7, 11) is 0. The molecule has 2 heterocycles. The summed E-state index contributed by atoms with van der Waals surface area (Å²) in [5.74, 6) is 0. The van der Waals surface area contributed by atoms with Gasteiger partial charge in [0.1, 0.15) is 11.2 Å². The van der Waals surface area contributed by atoms with Gasteiger partial charge in [-0.05, 0) is 128 Å². The minimum Gasteiger partial charge on any atom is -0.452 e. The highest BCUT2D eigenvalue weighted by atomic mass is 16.4. The maximum atomic E-state index is 6.51. The predicted octanol–water partition coefficient (Wildman–Crippen LogP) is 14.8. The lowest BCUT2D eigenvalue weighted by Crippen LogP contribution is -1.82. The Morgan fingerprint density at radius 2 is 1.00 bits per heavy atom. The van der Waals surface area contributed by atoms with Crippen molar-refractivity contribution in [2.45, 2.75) is 6.92 Å². The Kier molecular flexibility index (Phi) is 7.23. The smallest absolute Gasteiger partial charge is 0.178 e. The highest BCUT2D eigenvalue weighted by Crippen LogP contribution is 2.41. The molecule has 0 unspecified atom stereocenters. The largest absolute Gasteiger partial charge is 0.452 e. The van der Waals surface area contributed by atoms with Gasteiger partial charge in [-0.15, -0.1) is 0 Å². The van der Waals surface area contributed by atoms with Gasteiger partial charge in [-0.2, -0.15) is 0 Å². The summed E-state index contributed by atoms with van der Waals surface area (Å²) >= 11 is 0. The lowest BCUT2D eigenvalue weighted by atomic mass is 9.96. The van der Waals surface area contributed by atoms with Gasteiger partial charge in [-0.3, -0.25) is 0 Å². The van der Waals surface area contributed by atoms with Crippen LogP contribution in [0.3, 0.4) is 0 Å². The molecule has 10 aromatic rings. The second kappa shape index (κ2) is 12.4. The zero-order valence-electron chi connectivity index (χ0n) is 29.3. The second-order valence-electron chi connectivity index (χ2n) is 13.9. The van der Waals surface area contributed by atoms with E-state index in [1.165, 1.54) is 38.2 Å². The van der Waals surface area contributed by atoms with Crippen LogP contribution in [-0.2, 0) is 0 Å². The number of hydrogen-bond acceptors (Lipinski definition) is 2. The molecule has 0 fully saturated rings. The molecule has 8 aromatic carbocycles. The Morgan fingerprint density at radius 1 is 0.453 bits per heavy atom. The van der Waals surface area contributed by atoms with Crippen LogP contribution in [0, 0.1) is 0 Å². The first-order valence-corrected chi connectivity index (χ1v) is 18.0. The molecular formula is C51H34O2. The van der Waals surface area contributed by atoms with E-state index in [0.29, 0.717) is 0 Å². The van der Waals surface area contributed by atoms with Crippen LogP contribution in [0.4, 0.5) is 0 Å². The fraction of sp³-hybridized carbons (Fsp3) is 0.0196. The molecule has 0 aliphatic rings. The third-order valence-electron chi connectivity index (χ3n) is 10.6. The average molecular weight is 679 g/mol. The fourth-order valence-corrected chi connectivity index (χ4v) is 7.63. The van der Waals surface area contributed by atoms with Crippen molar-refractivity contribution >= 4 is 76.6 Å². The molecule has 0 saturated carbocycles. The molecule has 0 bridgehead atoms. The van der Waals surface area contributed by atoms with Crippen LogP contribution < -0.4 is 0 Å². The van der Waals surface area contributed by atoms with E-state index in [-0.39, 0.29) is 0 Å². The zero-order valence-corrected chi connectivity index (χ0v) is 29.3. The number of rotatable bonds is 6. The molecule has 0 radical (unpaired) electrons. The highest BCUT2D eigenvalue weighted by molar-refractivity contribution is 6.19. The molecule has 0 atom stereocenters. The molecule has 0 saturated heterocycles. The van der Waals surface area contributed by atoms with Crippen LogP contribution >= 0.6 is 0 Å². The van der Waals surface area contributed by atoms with Crippen molar-refractivity contribution in [3.8, 4) is 22.3 Å². The van der Waals surface area contributed by atoms with Crippen molar-refractivity contribution in [3.05, 3.63) is 194 Å². The first kappa shape index (κ1) is 30.9. The van der Waals surface area contributed by atoms with Crippen molar-refractivity contribution in [1.82, 2.24) is 0 Å². The molecule has 10 rings (SSSR count). The standard InChI is InChI=1S/C51H34O2/c1-32(36-19-17-34-11-3-5-13-38(34)27-36)9-7-10-33(2)37-21-25-48-46(30-37)44-23-24-45-47-31-43(22-26-49(47)53-51(45)50(44)52-48)41-16-8-15-40(29-41)42-20-18-35-12-4-6-14-39(35)28-42/h3-31H,1H2,2H3/b9-7-,33-10+. The third-order valence-corrected chi connectivity index (χ3v) is 10.6. The summed E-state index contributed by atoms with van der Waals surface area (Å²) < 4.78 is 13.0. The predicted molar refractivity (Wildman–Crippen MR) is 225 cm³/mol. The Hall–Kier alpha value is -6.90. The Balaban J connectivity index is 0.960. The summed E-state index contributed by atoms with van der Waals surface area (Å²) in [6.45, 7) is 6.45. The number of allylic oxidation sites excluding steroid dienone is 5. The van der Waals surface area contributed by atoms with Crippen molar-refractivity contribution < 1.29 is 8.83 Å². The van der Waals surface area contributed by atoms with E-state index in [1.807, 2.05) is 0 Å². The number of hydrogen-bond donors (Lipinski definition) is 0. The van der Waals surface area contributed by atoms with E-state index in [4.69, 9.17) is 8.83 Å². The monoisotopic (exact) mass is 678 g/mol. The summed E-state index contributed by atoms with van der Waals surface area (Å²) in [6, 6.07) is 56.0. The Bertz CT molecular complexity index is 3140. The van der Waals surface area contributed by atoms with Crippen LogP contribution in [0.1, 0.15) is 18.1 Å². The number of benzene rings is 8. The van der Waals surface area contributed by atoms with Crippen molar-refractivity contribution in [2.24, 2.45) is 0 Å². The topological polar surface area (TPSA) is 26.3 Å². The van der Waals surface area contributed by atoms with E-state index in [0.717, 1.165) is 71.7 Å². The molecule has 250 valence electrons. The van der Waals surface area contributed by atoms with Crippen molar-refractivity contribution in [2.75, 3.05) is 0 Å². The van der Waals surface area contributed by atoms with E-state index in [2.05, 4.69) is 189 Å². The minimum atomic E-state index is 0.777. The fourth-order valence-electron chi connectivity index (χ4n) is 7.63. The van der Waals surface area contributed by atoms with E-state index < -0.39 is 0 Å². The highest BCUT2D eigenvalue weighted by Gasteiger charge is 2.17. The first-order chi connectivity index (χ1) is 26.1. The lowest BCUT2D eigenvalue weighted by molar-refractivity contribution is 0.633. The Morgan fingerprint density at radius 3 is 1.72 bits per heavy atom. The zero-order chi connectivity index (χ0) is 35.5. The van der Waals surface area contributed by atoms with Crippen LogP contribution in [0.5, 0.6) is 0 Å². The van der Waals surface area contributed by atoms with Gasteiger partial charge < -0.3 is 8.83 Å². The lowest BCUT2D eigenvalue weighted by Gasteiger charge is -2.08. The Labute approximate surface area is 307 Å². The van der Waals surface area contributed by atoms with E-state index in [1.54, 1.807) is 0 Å². The van der Waals surface area contributed by atoms with Gasteiger partial charge in [0.25, 0.3) is 0 Å². The molecule has 0 aliphatic carbocycles. The maximum absolute atomic E-state index is 6.51. The number of fused-ring (bicyclic) bond motifs is 9. The molecule has 2 aromatic heterocycles. The summed E-state index contributed by atoms with van der Waals surface area (Å²) in [6.07, 6.45) is 6.29. The van der Waals surface area contributed by atoms with Crippen LogP contribution in [0.25, 0.3) is 98.8 Å². The molecule has 0 spiro atoms. The van der Waals surface area contributed by atoms with Gasteiger partial charge in [0.15, 0.2) is 11.2 Å². The van der Waals surface area contributed by atoms with Crippen LogP contribution in [0.15, 0.2) is 191 Å². The van der Waals surface area contributed by atoms with E-state index in [9.17, 15) is 0 Å². The SMILES string of the molecule is C=C(/C=C\C=C(/C)c1ccc2oc3c(ccc4c5cc(-c6cccc(-c7ccc8ccccc8c7)c6)ccc5oc43)c2c1)c1ccc2ccccc2c1. The van der Waals surface area contributed by atoms with Crippen molar-refractivity contribution in [1.29, 1.82) is 0 Å². The van der Waals surface area contributed by atoms with Gasteiger partial charge >= 0.3 is 0 Å². The minimum absolute atomic E-state index is 0.777. The second-order valence-corrected chi connectivity index (χ2v) is 13.9. The molecule has 2 nitrogen and oxygen atoms in total. The van der Waals surface area contributed by atoms with Gasteiger partial charge in [0.05, 0.1) is 0 Å². The quantitative estimate of drug-likeness (QED) is 0.164. The third kappa shape index (κ3) is 5.44. The molecule has 2 heteroatoms. The molecular weight excluding hydrogens is 645 g/mol. The van der Waals surface area contributed by atoms with Crippen LogP contribution in [0.2, 0.25) is 0 Å². The number of furan rings is 2. The summed E-state index contributed by atoms with van der Waals surface area (Å²) in [4.78, 5) is 0. The average Bonchev–Trinajstić information content (AvgIpc) is 3.78. The van der Waals surface area contributed by atoms with Gasteiger partial charge in [-0.1, -0.05) is 128 Å². The summed E-state index contributed by atoms with van der Waals surface area (Å²) in [5.41, 5.74) is 12.4. The molecule has 53 heavy (non-hydrogen) atoms. The van der Waals surface area contributed by atoms with E-state index >= 15 is 0 Å². The molecule has 0 aliphatic heterocycles. The van der Waals surface area contributed by atoms with Gasteiger partial charge in [0, 0.05) is 21.5 Å². The van der Waals surface area contributed by atoms with Crippen LogP contribution in [-0.4, -0.2) is 0 Å². The molecule has 0 amide bonds. The normalized spacial score (nSPS) is 12.4. The molecule has 0 N–H and O–H groups in total. The van der Waals surface area contributed by atoms with Gasteiger partial charge in [0.2, 0.25) is 0 Å². The van der Waals surface area contributed by atoms with Gasteiger partial charge in [-0.25, -0.2) is 0 Å². The summed E-state index contributed by atoms with van der Waals surface area (Å²) in [5, 5.41) is 9.19. The van der Waals surface area contributed by atoms with Crippen molar-refractivity contribution in [3.63, 3.8) is 0 Å². The maximum Gasteiger partial charge on any atom is 0.178 e. The first-order valence-electron chi connectivity index (χ1n) is 18.0.